The van der Waals surface area contributed by atoms with E-state index in [0.717, 1.165) is 167 Å². The van der Waals surface area contributed by atoms with Crippen molar-refractivity contribution in [2.75, 3.05) is 39.6 Å². The zero-order valence-corrected chi connectivity index (χ0v) is 75.6. The van der Waals surface area contributed by atoms with Crippen molar-refractivity contribution >= 4 is 33.6 Å². The van der Waals surface area contributed by atoms with Crippen molar-refractivity contribution < 1.29 is 75.8 Å². The van der Waals surface area contributed by atoms with Gasteiger partial charge in [0, 0.05) is 19.3 Å². The average molecular weight is 1680 g/mol. The van der Waals surface area contributed by atoms with Gasteiger partial charge in [-0.2, -0.15) is 0 Å². The van der Waals surface area contributed by atoms with Crippen LogP contribution in [0.3, 0.4) is 0 Å². The summed E-state index contributed by atoms with van der Waals surface area (Å²) in [4.78, 5) is 59.0. The van der Waals surface area contributed by atoms with Crippen LogP contribution in [0.2, 0.25) is 0 Å². The highest BCUT2D eigenvalue weighted by Gasteiger charge is 2.29. The molecule has 0 spiro atoms. The Morgan fingerprint density at radius 3 is 0.718 bits per heavy atom. The highest BCUT2D eigenvalue weighted by atomic mass is 31.2. The minimum atomic E-state index is -4.95. The normalized spacial score (nSPS) is 14.6. The quantitative estimate of drug-likeness (QED) is 0.0146. The molecule has 0 aliphatic heterocycles. The van der Waals surface area contributed by atoms with E-state index < -0.39 is 91.5 Å². The summed E-state index contributed by atoms with van der Waals surface area (Å²) >= 11 is 0. The van der Waals surface area contributed by atoms with Gasteiger partial charge in [-0.15, -0.1) is 0 Å². The minimum Gasteiger partial charge on any atom is -0.463 e. The maximum absolute atomic E-state index is 13.1. The molecule has 0 aliphatic rings. The fourth-order valence-electron chi connectivity index (χ4n) is 12.4. The third kappa shape index (κ3) is 91.5. The van der Waals surface area contributed by atoms with E-state index >= 15 is 0 Å². The number of hydrogen-bond donors (Lipinski definition) is 4. The van der Waals surface area contributed by atoms with Crippen LogP contribution in [0.25, 0.3) is 0 Å². The smallest absolute Gasteiger partial charge is 0.463 e. The van der Waals surface area contributed by atoms with E-state index in [-0.39, 0.29) is 19.3 Å². The first-order valence-electron chi connectivity index (χ1n) is 46.4. The second kappa shape index (κ2) is 90.2. The topological polar surface area (TPSA) is 231 Å². The van der Waals surface area contributed by atoms with Crippen LogP contribution in [0.1, 0.15) is 380 Å². The number of phosphoric ester groups is 2. The van der Waals surface area contributed by atoms with Crippen molar-refractivity contribution in [1.29, 1.82) is 0 Å². The molecule has 0 rings (SSSR count). The van der Waals surface area contributed by atoms with Crippen LogP contribution in [0, 0.1) is 0 Å². The second-order valence-corrected chi connectivity index (χ2v) is 33.6. The monoisotopic (exact) mass is 1680 g/mol. The molecule has 0 fully saturated rings. The van der Waals surface area contributed by atoms with Gasteiger partial charge in [0.25, 0.3) is 0 Å². The van der Waals surface area contributed by atoms with Gasteiger partial charge in [0.2, 0.25) is 0 Å². The van der Waals surface area contributed by atoms with Gasteiger partial charge in [0.1, 0.15) is 25.4 Å². The molecule has 0 aliphatic carbocycles. The Kier molecular flexibility index (Phi) is 86.2. The van der Waals surface area contributed by atoms with Gasteiger partial charge in [-0.05, 0) is 154 Å². The van der Waals surface area contributed by atoms with E-state index in [1.807, 2.05) is 0 Å². The third-order valence-corrected chi connectivity index (χ3v) is 21.3. The molecule has 0 amide bonds. The van der Waals surface area contributed by atoms with E-state index in [0.29, 0.717) is 19.3 Å². The van der Waals surface area contributed by atoms with Crippen LogP contribution in [0.4, 0.5) is 0 Å². The van der Waals surface area contributed by atoms with Crippen molar-refractivity contribution in [2.24, 2.45) is 0 Å². The number of unbranched alkanes of at least 4 members (excludes halogenated alkanes) is 36. The third-order valence-electron chi connectivity index (χ3n) is 19.4. The first kappa shape index (κ1) is 112. The molecule has 18 heteroatoms. The van der Waals surface area contributed by atoms with Crippen LogP contribution in [-0.4, -0.2) is 95.9 Å². The molecule has 0 saturated heterocycles. The number of allylic oxidation sites excluding steroid dienone is 28. The molecule has 0 bridgehead atoms. The Labute approximate surface area is 713 Å². The lowest BCUT2D eigenvalue weighted by molar-refractivity contribution is -0.161. The maximum atomic E-state index is 13.1. The Balaban J connectivity index is 4.57. The molecule has 0 saturated carbocycles. The van der Waals surface area contributed by atoms with Crippen LogP contribution in [-0.2, 0) is 55.8 Å². The lowest BCUT2D eigenvalue weighted by Gasteiger charge is -2.21. The Morgan fingerprint density at radius 1 is 0.248 bits per heavy atom. The molecular weight excluding hydrogens is 1510 g/mol. The highest BCUT2D eigenvalue weighted by molar-refractivity contribution is 7.47. The molecule has 0 aromatic rings. The predicted molar refractivity (Wildman–Crippen MR) is 491 cm³/mol. The van der Waals surface area contributed by atoms with E-state index in [4.69, 9.17) is 32.3 Å². The summed E-state index contributed by atoms with van der Waals surface area (Å²) in [6.07, 6.45) is 117. The van der Waals surface area contributed by atoms with Crippen molar-refractivity contribution in [3.05, 3.63) is 170 Å². The molecule has 5 atom stereocenters. The van der Waals surface area contributed by atoms with Gasteiger partial charge in [-0.25, -0.2) is 9.13 Å². The number of carbonyl (C=O) groups excluding carboxylic acids is 3. The Bertz CT molecular complexity index is 2810. The molecule has 117 heavy (non-hydrogen) atoms. The van der Waals surface area contributed by atoms with Crippen LogP contribution >= 0.6 is 15.6 Å². The molecule has 0 aromatic heterocycles. The van der Waals surface area contributed by atoms with Crippen molar-refractivity contribution in [1.82, 2.24) is 0 Å². The number of aliphatic hydroxyl groups excluding tert-OH is 2. The molecule has 0 heterocycles. The van der Waals surface area contributed by atoms with Crippen molar-refractivity contribution in [3.63, 3.8) is 0 Å². The van der Waals surface area contributed by atoms with Crippen molar-refractivity contribution in [2.45, 2.75) is 399 Å². The first-order valence-corrected chi connectivity index (χ1v) is 49.4. The number of esters is 3. The lowest BCUT2D eigenvalue weighted by atomic mass is 10.0. The van der Waals surface area contributed by atoms with Gasteiger partial charge in [0.15, 0.2) is 6.10 Å². The van der Waals surface area contributed by atoms with E-state index in [1.165, 1.54) is 154 Å². The van der Waals surface area contributed by atoms with Crippen LogP contribution in [0.5, 0.6) is 0 Å². The molecule has 670 valence electrons. The molecule has 16 nitrogen and oxygen atoms in total. The summed E-state index contributed by atoms with van der Waals surface area (Å²) in [5.41, 5.74) is 0. The van der Waals surface area contributed by atoms with Crippen LogP contribution < -0.4 is 0 Å². The fraction of sp³-hybridized carbons (Fsp3) is 0.687. The SMILES string of the molecule is CC/C=C\C/C=C\C/C=C\C/C=C\C/C=C\CCCCCCCCCCCCCCCCCCCC(=O)OCC(O)COP(=O)(O)OCC(O)COP(=O)(O)OCC(COC(=O)CCCCCCCCCCCCC/C=C\C/C=C\C/C=C\C/C=C\CCCCC)OC(=O)CCCCCCC/C=C\C/C=C\C/C=C\C/C=C\C/C=C\CC. The van der Waals surface area contributed by atoms with Gasteiger partial charge >= 0.3 is 33.6 Å². The predicted octanol–water partition coefficient (Wildman–Crippen LogP) is 28.7. The minimum absolute atomic E-state index is 0.0776. The van der Waals surface area contributed by atoms with Gasteiger partial charge in [-0.3, -0.25) is 32.5 Å². The zero-order valence-electron chi connectivity index (χ0n) is 73.8. The number of hydrogen-bond acceptors (Lipinski definition) is 14. The summed E-state index contributed by atoms with van der Waals surface area (Å²) in [6.45, 7) is 2.44. The lowest BCUT2D eigenvalue weighted by Crippen LogP contribution is -2.30. The molecule has 0 radical (unpaired) electrons. The molecule has 5 unspecified atom stereocenters. The molecule has 4 N–H and O–H groups in total. The van der Waals surface area contributed by atoms with E-state index in [1.54, 1.807) is 0 Å². The fourth-order valence-corrected chi connectivity index (χ4v) is 14.0. The molecule has 0 aromatic carbocycles. The second-order valence-electron chi connectivity index (χ2n) is 30.7. The van der Waals surface area contributed by atoms with E-state index in [9.17, 15) is 43.5 Å². The summed E-state index contributed by atoms with van der Waals surface area (Å²) in [5.74, 6) is -1.59. The maximum Gasteiger partial charge on any atom is 0.472 e. The zero-order chi connectivity index (χ0) is 85.1. The molecular formula is C99H168O16P2. The summed E-state index contributed by atoms with van der Waals surface area (Å²) in [7, 11) is -9.82. The van der Waals surface area contributed by atoms with E-state index in [2.05, 4.69) is 191 Å². The summed E-state index contributed by atoms with van der Waals surface area (Å²) < 4.78 is 61.5. The Hall–Kier alpha value is -5.09. The summed E-state index contributed by atoms with van der Waals surface area (Å²) in [5, 5.41) is 20.7. The number of rotatable bonds is 87. The highest BCUT2D eigenvalue weighted by Crippen LogP contribution is 2.45. The standard InChI is InChI=1S/C99H168O16P2/c1-4-7-10-13-16-19-22-25-28-31-34-37-39-41-43-44-45-46-47-48-50-52-53-56-58-61-64-67-70-73-76-79-82-85-97(102)109-88-94(100)89-111-116(105,106)112-90-95(101)91-113-117(107,108)114-93-96(115-99(104)87-84-81-78-75-72-69-66-63-60-55-36-33-30-27-24-21-18-15-12-9-6-3)92-110-98(103)86-83-80-77-74-71-68-65-62-59-57-54-51-49-42-40-38-35-32-29-26-23-20-17-14-11-8-5-2/h7,9-10,12,16-21,25-30,34-38,41-43,49,55,63,66,94-96,100-101H,4-6,8,11,13-15,22-24,31-33,39-40,44-48,50-54,56-62,64-65,67-93H2,1-3H3,(H,105,106)(H,107,108)/b10-7-,12-9-,19-16-,20-17-,21-18-,28-25-,29-26-,30-27-,37-34-,38-35-,43-41-,49-42-,55-36-,66-63-. The Morgan fingerprint density at radius 2 is 0.453 bits per heavy atom. The summed E-state index contributed by atoms with van der Waals surface area (Å²) in [6, 6.07) is 0. The largest absolute Gasteiger partial charge is 0.472 e. The van der Waals surface area contributed by atoms with Crippen LogP contribution in [0.15, 0.2) is 170 Å². The number of ether oxygens (including phenoxy) is 3. The number of phosphoric acid groups is 2. The number of aliphatic hydroxyl groups is 2. The van der Waals surface area contributed by atoms with Gasteiger partial charge in [0.05, 0.1) is 26.4 Å². The van der Waals surface area contributed by atoms with Gasteiger partial charge < -0.3 is 34.2 Å². The number of carbonyl (C=O) groups is 3. The first-order chi connectivity index (χ1) is 57.2. The van der Waals surface area contributed by atoms with Crippen molar-refractivity contribution in [3.8, 4) is 0 Å². The van der Waals surface area contributed by atoms with Gasteiger partial charge in [-0.1, -0.05) is 377 Å². The average Bonchev–Trinajstić information content (AvgIpc) is 0.902.